The summed E-state index contributed by atoms with van der Waals surface area (Å²) in [6, 6.07) is 8.27. The van der Waals surface area contributed by atoms with E-state index in [1.165, 1.54) is 6.42 Å². The molecule has 0 aliphatic heterocycles. The molecule has 0 heterocycles. The second-order valence-electron chi connectivity index (χ2n) is 5.40. The number of hydrogen-bond acceptors (Lipinski definition) is 2. The molecule has 1 aromatic carbocycles. The first-order valence-corrected chi connectivity index (χ1v) is 7.58. The monoisotopic (exact) mass is 432 g/mol. The molecule has 22 heavy (non-hydrogen) atoms. The number of unbranched alkanes of at least 4 members (excludes halogenated alkanes) is 5. The van der Waals surface area contributed by atoms with Crippen LogP contribution >= 0.6 is 0 Å². The summed E-state index contributed by atoms with van der Waals surface area (Å²) < 4.78 is 0. The second-order valence-corrected chi connectivity index (χ2v) is 5.40. The number of hydrogen-bond donors (Lipinski definition) is 2. The molecule has 5 heteroatoms. The molecular formula is C17H26BaO4. The van der Waals surface area contributed by atoms with Crippen LogP contribution in [0, 0.1) is 0 Å². The Kier molecular flexibility index (Phi) is 11.2. The molecule has 0 aromatic heterocycles. The predicted molar refractivity (Wildman–Crippen MR) is 89.9 cm³/mol. The Hall–Kier alpha value is -0.269. The van der Waals surface area contributed by atoms with Crippen LogP contribution in [-0.2, 0) is 15.0 Å². The fraction of sp³-hybridized carbons (Fsp3) is 0.529. The van der Waals surface area contributed by atoms with Crippen molar-refractivity contribution in [3.63, 3.8) is 0 Å². The van der Waals surface area contributed by atoms with Gasteiger partial charge in [-0.15, -0.1) is 0 Å². The van der Waals surface area contributed by atoms with Crippen LogP contribution in [0.1, 0.15) is 57.4 Å². The summed E-state index contributed by atoms with van der Waals surface area (Å²) in [5.74, 6) is -2.57. The number of carboxylic acid groups (broad SMARTS) is 2. The predicted octanol–water partition coefficient (Wildman–Crippen LogP) is 2.93. The minimum absolute atomic E-state index is 0. The maximum absolute atomic E-state index is 11.6. The van der Waals surface area contributed by atoms with Gasteiger partial charge in [0.15, 0.2) is 5.41 Å². The van der Waals surface area contributed by atoms with Crippen LogP contribution in [0.3, 0.4) is 0 Å². The zero-order valence-electron chi connectivity index (χ0n) is 12.5. The van der Waals surface area contributed by atoms with E-state index in [1.54, 1.807) is 30.3 Å². The molecule has 4 nitrogen and oxygen atoms in total. The number of aliphatic carboxylic acids is 2. The van der Waals surface area contributed by atoms with E-state index in [0.29, 0.717) is 12.0 Å². The molecule has 0 aliphatic carbocycles. The fourth-order valence-electron chi connectivity index (χ4n) is 2.59. The van der Waals surface area contributed by atoms with Gasteiger partial charge in [-0.3, -0.25) is 9.59 Å². The molecule has 0 atom stereocenters. The number of carboxylic acids is 2. The molecule has 0 amide bonds. The van der Waals surface area contributed by atoms with Gasteiger partial charge in [-0.2, -0.15) is 0 Å². The molecule has 120 valence electrons. The van der Waals surface area contributed by atoms with Crippen molar-refractivity contribution in [3.05, 3.63) is 35.9 Å². The molecule has 0 radical (unpaired) electrons. The SMILES string of the molecule is CCCCCCCCC(C(=O)O)(C(=O)O)c1ccccc1.[BaH2]. The Morgan fingerprint density at radius 1 is 0.909 bits per heavy atom. The first kappa shape index (κ1) is 21.7. The van der Waals surface area contributed by atoms with Crippen molar-refractivity contribution in [1.82, 2.24) is 0 Å². The standard InChI is InChI=1S/C17H24O4.Ba.2H/c1-2-3-4-5-6-10-13-17(15(18)19,16(20)21)14-11-8-7-9-12-14;;;/h7-9,11-12H,2-6,10,13H2,1H3,(H,18,19)(H,20,21);;;. The van der Waals surface area contributed by atoms with Gasteiger partial charge in [0.1, 0.15) is 0 Å². The van der Waals surface area contributed by atoms with E-state index in [2.05, 4.69) is 6.92 Å². The molecule has 0 fully saturated rings. The van der Waals surface area contributed by atoms with Crippen LogP contribution in [0.2, 0.25) is 0 Å². The average Bonchev–Trinajstić information content (AvgIpc) is 2.47. The zero-order valence-corrected chi connectivity index (χ0v) is 12.5. The van der Waals surface area contributed by atoms with E-state index in [9.17, 15) is 19.8 Å². The summed E-state index contributed by atoms with van der Waals surface area (Å²) in [6.07, 6.45) is 6.08. The van der Waals surface area contributed by atoms with Gasteiger partial charge in [-0.05, 0) is 12.0 Å². The maximum atomic E-state index is 11.6. The van der Waals surface area contributed by atoms with Crippen molar-refractivity contribution in [2.75, 3.05) is 0 Å². The molecule has 0 saturated carbocycles. The van der Waals surface area contributed by atoms with Crippen molar-refractivity contribution >= 4 is 60.8 Å². The molecule has 0 aliphatic rings. The average molecular weight is 432 g/mol. The van der Waals surface area contributed by atoms with E-state index >= 15 is 0 Å². The van der Waals surface area contributed by atoms with Gasteiger partial charge < -0.3 is 10.2 Å². The van der Waals surface area contributed by atoms with Crippen molar-refractivity contribution in [3.8, 4) is 0 Å². The third-order valence-corrected chi connectivity index (χ3v) is 3.90. The summed E-state index contributed by atoms with van der Waals surface area (Å²) in [4.78, 5) is 23.3. The number of carbonyl (C=O) groups is 2. The molecule has 1 aromatic rings. The first-order chi connectivity index (χ1) is 10.1. The van der Waals surface area contributed by atoms with Gasteiger partial charge in [0, 0.05) is 0 Å². The van der Waals surface area contributed by atoms with Crippen molar-refractivity contribution in [2.45, 2.75) is 57.3 Å². The summed E-state index contributed by atoms with van der Waals surface area (Å²) >= 11 is 0. The van der Waals surface area contributed by atoms with E-state index in [-0.39, 0.29) is 55.3 Å². The zero-order chi connectivity index (χ0) is 15.7. The summed E-state index contributed by atoms with van der Waals surface area (Å²) in [5, 5.41) is 19.0. The first-order valence-electron chi connectivity index (χ1n) is 7.58. The molecule has 2 N–H and O–H groups in total. The molecule has 0 bridgehead atoms. The second kappa shape index (κ2) is 11.3. The van der Waals surface area contributed by atoms with E-state index < -0.39 is 17.4 Å². The number of rotatable bonds is 10. The Balaban J connectivity index is 0.00000441. The number of benzene rings is 1. The van der Waals surface area contributed by atoms with Gasteiger partial charge in [0.25, 0.3) is 0 Å². The van der Waals surface area contributed by atoms with Gasteiger partial charge in [0.2, 0.25) is 0 Å². The Bertz CT molecular complexity index is 445. The van der Waals surface area contributed by atoms with Crippen molar-refractivity contribution in [1.29, 1.82) is 0 Å². The van der Waals surface area contributed by atoms with Crippen LogP contribution in [-0.4, -0.2) is 71.0 Å². The van der Waals surface area contributed by atoms with Crippen LogP contribution in [0.5, 0.6) is 0 Å². The van der Waals surface area contributed by atoms with Crippen molar-refractivity contribution in [2.24, 2.45) is 0 Å². The summed E-state index contributed by atoms with van der Waals surface area (Å²) in [7, 11) is 0. The van der Waals surface area contributed by atoms with Crippen LogP contribution in [0.4, 0.5) is 0 Å². The van der Waals surface area contributed by atoms with Crippen LogP contribution in [0.15, 0.2) is 30.3 Å². The van der Waals surface area contributed by atoms with E-state index in [1.807, 2.05) is 0 Å². The topological polar surface area (TPSA) is 74.6 Å². The van der Waals surface area contributed by atoms with Crippen LogP contribution < -0.4 is 0 Å². The van der Waals surface area contributed by atoms with E-state index in [0.717, 1.165) is 25.7 Å². The summed E-state index contributed by atoms with van der Waals surface area (Å²) in [6.45, 7) is 2.13. The van der Waals surface area contributed by atoms with Gasteiger partial charge >= 0.3 is 60.8 Å². The van der Waals surface area contributed by atoms with Crippen molar-refractivity contribution < 1.29 is 19.8 Å². The summed E-state index contributed by atoms with van der Waals surface area (Å²) in [5.41, 5.74) is -1.48. The Morgan fingerprint density at radius 3 is 1.91 bits per heavy atom. The molecular weight excluding hydrogens is 406 g/mol. The minimum atomic E-state index is -1.83. The third-order valence-electron chi connectivity index (χ3n) is 3.90. The Labute approximate surface area is 172 Å². The van der Waals surface area contributed by atoms with Gasteiger partial charge in [-0.25, -0.2) is 0 Å². The normalized spacial score (nSPS) is 10.8. The fourth-order valence-corrected chi connectivity index (χ4v) is 2.59. The molecule has 0 spiro atoms. The quantitative estimate of drug-likeness (QED) is 0.339. The molecule has 1 rings (SSSR count). The Morgan fingerprint density at radius 2 is 1.41 bits per heavy atom. The van der Waals surface area contributed by atoms with Gasteiger partial charge in [0.05, 0.1) is 0 Å². The van der Waals surface area contributed by atoms with Crippen LogP contribution in [0.25, 0.3) is 0 Å². The van der Waals surface area contributed by atoms with Gasteiger partial charge in [-0.1, -0.05) is 75.8 Å². The third kappa shape index (κ3) is 5.74. The molecule has 0 unspecified atom stereocenters. The molecule has 0 saturated heterocycles. The van der Waals surface area contributed by atoms with E-state index in [4.69, 9.17) is 0 Å².